The molecule has 2 amide bonds. The van der Waals surface area contributed by atoms with Crippen LogP contribution in [0.5, 0.6) is 0 Å². The van der Waals surface area contributed by atoms with Crippen molar-refractivity contribution in [2.45, 2.75) is 51.2 Å². The predicted octanol–water partition coefficient (Wildman–Crippen LogP) is 2.23. The van der Waals surface area contributed by atoms with E-state index in [0.717, 1.165) is 25.7 Å². The van der Waals surface area contributed by atoms with Gasteiger partial charge in [-0.1, -0.05) is 12.8 Å². The first-order chi connectivity index (χ1) is 9.41. The predicted molar refractivity (Wildman–Crippen MR) is 77.7 cm³/mol. The van der Waals surface area contributed by atoms with Gasteiger partial charge in [-0.05, 0) is 26.7 Å². The highest BCUT2D eigenvalue weighted by molar-refractivity contribution is 5.88. The van der Waals surface area contributed by atoms with Gasteiger partial charge in [0.2, 0.25) is 0 Å². The van der Waals surface area contributed by atoms with Crippen LogP contribution in [0.2, 0.25) is 0 Å². The summed E-state index contributed by atoms with van der Waals surface area (Å²) in [6, 6.07) is 1.74. The van der Waals surface area contributed by atoms with Crippen molar-refractivity contribution < 1.29 is 9.90 Å². The molecule has 0 saturated heterocycles. The average molecular weight is 280 g/mol. The second-order valence-corrected chi connectivity index (χ2v) is 5.97. The lowest BCUT2D eigenvalue weighted by Crippen LogP contribution is -2.43. The summed E-state index contributed by atoms with van der Waals surface area (Å²) in [6.07, 6.45) is 5.28. The number of anilines is 1. The molecule has 1 fully saturated rings. The van der Waals surface area contributed by atoms with Crippen molar-refractivity contribution >= 4 is 11.8 Å². The Morgan fingerprint density at radius 2 is 2.20 bits per heavy atom. The number of carbonyl (C=O) groups is 1. The SMILES string of the molecule is CC(C)n1nccc1NC(=O)N(C)CC1(O)CCCC1. The van der Waals surface area contributed by atoms with E-state index in [2.05, 4.69) is 10.4 Å². The van der Waals surface area contributed by atoms with E-state index in [0.29, 0.717) is 12.4 Å². The molecule has 0 aliphatic heterocycles. The molecule has 2 N–H and O–H groups in total. The topological polar surface area (TPSA) is 70.4 Å². The molecule has 0 spiro atoms. The van der Waals surface area contributed by atoms with Crippen LogP contribution < -0.4 is 5.32 Å². The van der Waals surface area contributed by atoms with Gasteiger partial charge in [0.25, 0.3) is 0 Å². The van der Waals surface area contributed by atoms with E-state index in [4.69, 9.17) is 0 Å². The van der Waals surface area contributed by atoms with Crippen molar-refractivity contribution in [1.82, 2.24) is 14.7 Å². The number of likely N-dealkylation sites (N-methyl/N-ethyl adjacent to an activating group) is 1. The van der Waals surface area contributed by atoms with Crippen LogP contribution in [0.1, 0.15) is 45.6 Å². The fourth-order valence-corrected chi connectivity index (χ4v) is 2.73. The number of aliphatic hydroxyl groups is 1. The van der Waals surface area contributed by atoms with E-state index < -0.39 is 5.60 Å². The van der Waals surface area contributed by atoms with Gasteiger partial charge in [0.05, 0.1) is 18.3 Å². The number of nitrogens with one attached hydrogen (secondary N) is 1. The zero-order chi connectivity index (χ0) is 14.8. The number of amides is 2. The molecule has 1 heterocycles. The summed E-state index contributed by atoms with van der Waals surface area (Å²) in [6.45, 7) is 4.38. The van der Waals surface area contributed by atoms with Crippen LogP contribution in [-0.4, -0.2) is 45.0 Å². The fraction of sp³-hybridized carbons (Fsp3) is 0.714. The molecule has 1 aliphatic rings. The molecule has 1 aliphatic carbocycles. The normalized spacial score (nSPS) is 17.4. The molecule has 0 atom stereocenters. The van der Waals surface area contributed by atoms with Crippen LogP contribution in [-0.2, 0) is 0 Å². The minimum atomic E-state index is -0.718. The molecule has 0 aromatic carbocycles. The smallest absolute Gasteiger partial charge is 0.322 e. The molecule has 2 rings (SSSR count). The second-order valence-electron chi connectivity index (χ2n) is 5.97. The quantitative estimate of drug-likeness (QED) is 0.888. The maximum atomic E-state index is 12.2. The molecule has 1 saturated carbocycles. The van der Waals surface area contributed by atoms with Crippen LogP contribution in [0, 0.1) is 0 Å². The Morgan fingerprint density at radius 1 is 1.55 bits per heavy atom. The van der Waals surface area contributed by atoms with Crippen LogP contribution >= 0.6 is 0 Å². The number of urea groups is 1. The van der Waals surface area contributed by atoms with Gasteiger partial charge in [0, 0.05) is 19.2 Å². The lowest BCUT2D eigenvalue weighted by Gasteiger charge is -2.28. The van der Waals surface area contributed by atoms with Crippen LogP contribution in [0.4, 0.5) is 10.6 Å². The summed E-state index contributed by atoms with van der Waals surface area (Å²) in [5.41, 5.74) is -0.718. The standard InChI is InChI=1S/C14H24N4O2/c1-11(2)18-12(6-9-15-18)16-13(19)17(3)10-14(20)7-4-5-8-14/h6,9,11,20H,4-5,7-8,10H2,1-3H3,(H,16,19). The summed E-state index contributed by atoms with van der Waals surface area (Å²) in [5.74, 6) is 0.676. The first-order valence-electron chi connectivity index (χ1n) is 7.19. The Balaban J connectivity index is 1.95. The van der Waals surface area contributed by atoms with Gasteiger partial charge in [-0.2, -0.15) is 5.10 Å². The number of hydrogen-bond donors (Lipinski definition) is 2. The van der Waals surface area contributed by atoms with Crippen molar-refractivity contribution in [2.75, 3.05) is 18.9 Å². The molecule has 0 radical (unpaired) electrons. The first kappa shape index (κ1) is 14.8. The number of carbonyl (C=O) groups excluding carboxylic acids is 1. The molecule has 0 unspecified atom stereocenters. The van der Waals surface area contributed by atoms with Gasteiger partial charge < -0.3 is 10.0 Å². The number of rotatable bonds is 4. The lowest BCUT2D eigenvalue weighted by atomic mass is 10.0. The summed E-state index contributed by atoms with van der Waals surface area (Å²) in [4.78, 5) is 13.7. The zero-order valence-electron chi connectivity index (χ0n) is 12.5. The van der Waals surface area contributed by atoms with Crippen molar-refractivity contribution in [3.63, 3.8) is 0 Å². The summed E-state index contributed by atoms with van der Waals surface area (Å²) >= 11 is 0. The molecule has 6 heteroatoms. The van der Waals surface area contributed by atoms with Crippen molar-refractivity contribution in [3.05, 3.63) is 12.3 Å². The van der Waals surface area contributed by atoms with E-state index in [9.17, 15) is 9.90 Å². The van der Waals surface area contributed by atoms with Gasteiger partial charge in [-0.15, -0.1) is 0 Å². The van der Waals surface area contributed by atoms with E-state index in [1.807, 2.05) is 13.8 Å². The third-order valence-corrected chi connectivity index (χ3v) is 3.81. The van der Waals surface area contributed by atoms with Crippen LogP contribution in [0.25, 0.3) is 0 Å². The third-order valence-electron chi connectivity index (χ3n) is 3.81. The molecule has 112 valence electrons. The maximum absolute atomic E-state index is 12.2. The fourth-order valence-electron chi connectivity index (χ4n) is 2.73. The Labute approximate surface area is 119 Å². The highest BCUT2D eigenvalue weighted by atomic mass is 16.3. The molecular weight excluding hydrogens is 256 g/mol. The van der Waals surface area contributed by atoms with Gasteiger partial charge in [0.15, 0.2) is 0 Å². The van der Waals surface area contributed by atoms with E-state index in [1.165, 1.54) is 0 Å². The van der Waals surface area contributed by atoms with Crippen molar-refractivity contribution in [2.24, 2.45) is 0 Å². The highest BCUT2D eigenvalue weighted by Crippen LogP contribution is 2.30. The Hall–Kier alpha value is -1.56. The van der Waals surface area contributed by atoms with E-state index in [-0.39, 0.29) is 12.1 Å². The molecular formula is C14H24N4O2. The minimum absolute atomic E-state index is 0.185. The third kappa shape index (κ3) is 3.30. The van der Waals surface area contributed by atoms with Crippen LogP contribution in [0.15, 0.2) is 12.3 Å². The minimum Gasteiger partial charge on any atom is -0.388 e. The van der Waals surface area contributed by atoms with Crippen molar-refractivity contribution in [3.8, 4) is 0 Å². The van der Waals surface area contributed by atoms with Gasteiger partial charge >= 0.3 is 6.03 Å². The molecule has 1 aromatic heterocycles. The summed E-state index contributed by atoms with van der Waals surface area (Å²) < 4.78 is 1.76. The average Bonchev–Trinajstić information content (AvgIpc) is 2.98. The number of hydrogen-bond acceptors (Lipinski definition) is 3. The molecule has 0 bridgehead atoms. The lowest BCUT2D eigenvalue weighted by molar-refractivity contribution is 0.0261. The molecule has 6 nitrogen and oxygen atoms in total. The van der Waals surface area contributed by atoms with E-state index >= 15 is 0 Å². The van der Waals surface area contributed by atoms with Gasteiger partial charge in [-0.3, -0.25) is 5.32 Å². The molecule has 1 aromatic rings. The zero-order valence-corrected chi connectivity index (χ0v) is 12.5. The van der Waals surface area contributed by atoms with Gasteiger partial charge in [-0.25, -0.2) is 9.48 Å². The Bertz CT molecular complexity index is 463. The summed E-state index contributed by atoms with van der Waals surface area (Å²) in [5, 5.41) is 17.4. The van der Waals surface area contributed by atoms with Crippen LogP contribution in [0.3, 0.4) is 0 Å². The monoisotopic (exact) mass is 280 g/mol. The highest BCUT2D eigenvalue weighted by Gasteiger charge is 2.33. The van der Waals surface area contributed by atoms with Gasteiger partial charge in [0.1, 0.15) is 5.82 Å². The number of aromatic nitrogens is 2. The second kappa shape index (κ2) is 5.83. The van der Waals surface area contributed by atoms with Crippen molar-refractivity contribution in [1.29, 1.82) is 0 Å². The Morgan fingerprint density at radius 3 is 2.80 bits per heavy atom. The summed E-state index contributed by atoms with van der Waals surface area (Å²) in [7, 11) is 1.71. The Kier molecular flexibility index (Phi) is 4.32. The van der Waals surface area contributed by atoms with E-state index in [1.54, 1.807) is 28.9 Å². The first-order valence-corrected chi connectivity index (χ1v) is 7.19. The maximum Gasteiger partial charge on any atom is 0.322 e. The largest absolute Gasteiger partial charge is 0.388 e. The molecule has 20 heavy (non-hydrogen) atoms. The number of nitrogens with zero attached hydrogens (tertiary/aromatic N) is 3.